The van der Waals surface area contributed by atoms with Crippen LogP contribution in [0.2, 0.25) is 0 Å². The quantitative estimate of drug-likeness (QED) is 0.0729. The number of ether oxygens (including phenoxy) is 1. The lowest BCUT2D eigenvalue weighted by atomic mass is 9.82. The van der Waals surface area contributed by atoms with Crippen LogP contribution in [0.5, 0.6) is 0 Å². The van der Waals surface area contributed by atoms with Crippen molar-refractivity contribution in [3.8, 4) is 0 Å². The normalized spacial score (nSPS) is 26.1. The lowest BCUT2D eigenvalue weighted by molar-refractivity contribution is -0.385. The van der Waals surface area contributed by atoms with Crippen LogP contribution in [0.3, 0.4) is 0 Å². The Morgan fingerprint density at radius 1 is 1.17 bits per heavy atom. The van der Waals surface area contributed by atoms with Crippen LogP contribution in [0.1, 0.15) is 30.2 Å². The minimum atomic E-state index is -2.15. The number of fused-ring (bicyclic) bond motifs is 1. The summed E-state index contributed by atoms with van der Waals surface area (Å²) in [7, 11) is 0. The molecule has 1 saturated heterocycles. The van der Waals surface area contributed by atoms with Crippen LogP contribution in [-0.4, -0.2) is 99.7 Å². The van der Waals surface area contributed by atoms with Crippen LogP contribution < -0.4 is 10.2 Å². The lowest BCUT2D eigenvalue weighted by Gasteiger charge is -2.37. The molecule has 2 amide bonds. The van der Waals surface area contributed by atoms with E-state index in [0.29, 0.717) is 30.6 Å². The Bertz CT molecular complexity index is 1700. The summed E-state index contributed by atoms with van der Waals surface area (Å²) < 4.78 is 6.58. The summed E-state index contributed by atoms with van der Waals surface area (Å²) in [5, 5.41) is 82.7. The van der Waals surface area contributed by atoms with E-state index in [-0.39, 0.29) is 35.8 Å². The molecule has 2 aromatic carbocycles. The Hall–Kier alpha value is -4.62. The van der Waals surface area contributed by atoms with E-state index in [0.717, 1.165) is 0 Å². The van der Waals surface area contributed by atoms with Crippen molar-refractivity contribution in [3.05, 3.63) is 87.7 Å². The number of hydrogen-bond acceptors (Lipinski definition) is 13. The van der Waals surface area contributed by atoms with Gasteiger partial charge in [-0.3, -0.25) is 24.4 Å². The molecular formula is C31H36N6O11. The number of amides is 2. The molecule has 256 valence electrons. The van der Waals surface area contributed by atoms with Crippen molar-refractivity contribution in [3.63, 3.8) is 0 Å². The van der Waals surface area contributed by atoms with Gasteiger partial charge in [-0.15, -0.1) is 5.10 Å². The predicted octanol–water partition coefficient (Wildman–Crippen LogP) is -0.523. The number of aromatic nitrogens is 3. The number of anilines is 2. The van der Waals surface area contributed by atoms with Gasteiger partial charge in [0, 0.05) is 55.1 Å². The van der Waals surface area contributed by atoms with Gasteiger partial charge in [-0.2, -0.15) is 0 Å². The number of nitrogens with zero attached hydrogens (tertiary/aromatic N) is 5. The molecule has 1 fully saturated rings. The van der Waals surface area contributed by atoms with Gasteiger partial charge in [0.2, 0.25) is 0 Å². The molecule has 48 heavy (non-hydrogen) atoms. The molecule has 17 nitrogen and oxygen atoms in total. The first kappa shape index (κ1) is 34.7. The maximum absolute atomic E-state index is 14.0. The average Bonchev–Trinajstić information content (AvgIpc) is 3.60. The third kappa shape index (κ3) is 6.83. The molecule has 0 spiro atoms. The molecule has 0 saturated carbocycles. The first-order valence-electron chi connectivity index (χ1n) is 15.1. The third-order valence-electron chi connectivity index (χ3n) is 8.41. The van der Waals surface area contributed by atoms with Crippen molar-refractivity contribution in [1.82, 2.24) is 15.0 Å². The van der Waals surface area contributed by atoms with Crippen molar-refractivity contribution in [2.75, 3.05) is 16.8 Å². The summed E-state index contributed by atoms with van der Waals surface area (Å²) in [6.07, 6.45) is -3.08. The number of nitro benzene ring substituents is 1. The summed E-state index contributed by atoms with van der Waals surface area (Å²) in [5.41, 5.74) is -0.774. The molecule has 0 bridgehead atoms. The second-order valence-electron chi connectivity index (χ2n) is 11.7. The van der Waals surface area contributed by atoms with E-state index in [9.17, 15) is 45.2 Å². The first-order chi connectivity index (χ1) is 22.8. The number of aliphatic hydroxyl groups excluding tert-OH is 5. The highest BCUT2D eigenvalue weighted by molar-refractivity contribution is 6.07. The number of carbonyl (C=O) groups is 2. The van der Waals surface area contributed by atoms with Crippen LogP contribution in [0.15, 0.2) is 60.8 Å². The largest absolute Gasteiger partial charge is 0.396 e. The van der Waals surface area contributed by atoms with Crippen molar-refractivity contribution in [2.45, 2.75) is 69.2 Å². The maximum Gasteiger partial charge on any atom is 0.269 e. The molecule has 1 aromatic heterocycles. The van der Waals surface area contributed by atoms with E-state index < -0.39 is 59.0 Å². The minimum Gasteiger partial charge on any atom is -0.396 e. The molecule has 3 heterocycles. The van der Waals surface area contributed by atoms with Gasteiger partial charge in [0.15, 0.2) is 18.0 Å². The second-order valence-corrected chi connectivity index (χ2v) is 11.7. The molecule has 0 unspecified atom stereocenters. The summed E-state index contributed by atoms with van der Waals surface area (Å²) in [4.78, 5) is 39.1. The third-order valence-corrected chi connectivity index (χ3v) is 8.41. The van der Waals surface area contributed by atoms with Gasteiger partial charge in [-0.05, 0) is 30.2 Å². The number of aryl methyl sites for hydroxylation is 1. The fourth-order valence-electron chi connectivity index (χ4n) is 5.75. The number of aliphatic hydroxyl groups is 6. The first-order valence-corrected chi connectivity index (χ1v) is 15.1. The fraction of sp³-hybridized carbons (Fsp3) is 0.419. The molecule has 0 radical (unpaired) electrons. The molecule has 5 rings (SSSR count). The van der Waals surface area contributed by atoms with Crippen LogP contribution in [0, 0.1) is 16.0 Å². The zero-order chi connectivity index (χ0) is 34.7. The molecule has 17 heteroatoms. The predicted molar refractivity (Wildman–Crippen MR) is 166 cm³/mol. The van der Waals surface area contributed by atoms with Crippen LogP contribution in [0.4, 0.5) is 17.1 Å². The van der Waals surface area contributed by atoms with E-state index in [1.807, 2.05) is 0 Å². The number of rotatable bonds is 12. The summed E-state index contributed by atoms with van der Waals surface area (Å²) in [5.74, 6) is -2.44. The Morgan fingerprint density at radius 3 is 2.67 bits per heavy atom. The number of hydrogen-bond donors (Lipinski definition) is 7. The monoisotopic (exact) mass is 668 g/mol. The smallest absolute Gasteiger partial charge is 0.269 e. The van der Waals surface area contributed by atoms with Gasteiger partial charge in [0.25, 0.3) is 17.5 Å². The molecule has 2 aliphatic heterocycles. The van der Waals surface area contributed by atoms with E-state index in [1.165, 1.54) is 35.2 Å². The Morgan fingerprint density at radius 2 is 1.94 bits per heavy atom. The van der Waals surface area contributed by atoms with Gasteiger partial charge in [0.05, 0.1) is 22.8 Å². The standard InChI is InChI=1S/C31H36N6O11/c1-17(5-2-3-11-35-16-20(10-12-38)33-34-35)31(45)22-14-21(37(46)47)8-9-23(22)36(30(31)44)15-18-6-4-7-19(13-18)32-28(42)27-25(40)24(39)26(41)29(43)48-27/h2,4-9,13-14,16-17,24-27,29,38-41,43,45H,3,10-12,15H2,1H3,(H,32,42)/b5-2+/t17-,24+,25+,26-,27+,29-,31+/m1/s1. The molecule has 2 aliphatic rings. The number of allylic oxidation sites excluding steroid dienone is 1. The number of benzene rings is 2. The highest BCUT2D eigenvalue weighted by atomic mass is 16.6. The van der Waals surface area contributed by atoms with Gasteiger partial charge >= 0.3 is 0 Å². The highest BCUT2D eigenvalue weighted by Crippen LogP contribution is 2.47. The van der Waals surface area contributed by atoms with Crippen molar-refractivity contribution < 1.29 is 49.9 Å². The van der Waals surface area contributed by atoms with E-state index in [4.69, 9.17) is 9.84 Å². The topological polar surface area (TPSA) is 254 Å². The summed E-state index contributed by atoms with van der Waals surface area (Å²) in [6, 6.07) is 10.1. The van der Waals surface area contributed by atoms with Crippen molar-refractivity contribution in [2.24, 2.45) is 5.92 Å². The fourth-order valence-corrected chi connectivity index (χ4v) is 5.75. The number of nitrogens with one attached hydrogen (secondary N) is 1. The summed E-state index contributed by atoms with van der Waals surface area (Å²) >= 11 is 0. The van der Waals surface area contributed by atoms with Crippen LogP contribution in [0.25, 0.3) is 0 Å². The van der Waals surface area contributed by atoms with Crippen LogP contribution >= 0.6 is 0 Å². The van der Waals surface area contributed by atoms with Gasteiger partial charge in [-0.25, -0.2) is 0 Å². The van der Waals surface area contributed by atoms with Crippen molar-refractivity contribution >= 4 is 28.9 Å². The SMILES string of the molecule is C[C@H](/C=C/CCn1cc(CCO)nn1)[C@@]1(O)C(=O)N(Cc2cccc(NC(=O)[C@H]3O[C@@H](O)[C@H](O)[C@@H](O)[C@@H]3O)c2)c2ccc([N+](=O)[O-])cc21. The Kier molecular flexibility index (Phi) is 10.3. The van der Waals surface area contributed by atoms with Gasteiger partial charge in [-0.1, -0.05) is 36.4 Å². The molecule has 0 aliphatic carbocycles. The number of carbonyl (C=O) groups excluding carboxylic acids is 2. The average molecular weight is 669 g/mol. The van der Waals surface area contributed by atoms with E-state index in [1.54, 1.807) is 42.1 Å². The number of nitro groups is 1. The van der Waals surface area contributed by atoms with Crippen molar-refractivity contribution in [1.29, 1.82) is 0 Å². The van der Waals surface area contributed by atoms with E-state index >= 15 is 0 Å². The minimum absolute atomic E-state index is 0.0494. The van der Waals surface area contributed by atoms with Gasteiger partial charge in [0.1, 0.15) is 18.3 Å². The van der Waals surface area contributed by atoms with Gasteiger partial charge < -0.3 is 45.6 Å². The Labute approximate surface area is 273 Å². The maximum atomic E-state index is 14.0. The second kappa shape index (κ2) is 14.2. The number of non-ortho nitro benzene ring substituents is 1. The zero-order valence-electron chi connectivity index (χ0n) is 25.7. The Balaban J connectivity index is 1.34. The van der Waals surface area contributed by atoms with E-state index in [2.05, 4.69) is 15.6 Å². The molecule has 7 N–H and O–H groups in total. The lowest BCUT2D eigenvalue weighted by Crippen LogP contribution is -2.60. The van der Waals surface area contributed by atoms with Crippen LogP contribution in [-0.2, 0) is 39.4 Å². The molecule has 3 aromatic rings. The summed E-state index contributed by atoms with van der Waals surface area (Å²) in [6.45, 7) is 1.93. The zero-order valence-corrected chi connectivity index (χ0v) is 25.7. The molecular weight excluding hydrogens is 632 g/mol. The highest BCUT2D eigenvalue weighted by Gasteiger charge is 2.53. The molecule has 7 atom stereocenters.